The summed E-state index contributed by atoms with van der Waals surface area (Å²) in [5.74, 6) is -0.160. The van der Waals surface area contributed by atoms with Gasteiger partial charge in [0.25, 0.3) is 0 Å². The second-order valence-corrected chi connectivity index (χ2v) is 2.79. The standard InChI is InChI=1S/C6H11NO4/c8-5(9)3-1-4(2-3)7-6(10)11/h3-5,7-9H,1-2H2,(H,10,11). The lowest BCUT2D eigenvalue weighted by molar-refractivity contribution is -0.112. The van der Waals surface area contributed by atoms with Crippen molar-refractivity contribution < 1.29 is 20.1 Å². The molecule has 0 bridgehead atoms. The smallest absolute Gasteiger partial charge is 0.404 e. The highest BCUT2D eigenvalue weighted by atomic mass is 16.5. The third-order valence-electron chi connectivity index (χ3n) is 1.92. The molecular formula is C6H11NO4. The van der Waals surface area contributed by atoms with Crippen molar-refractivity contribution in [1.82, 2.24) is 5.32 Å². The molecule has 5 nitrogen and oxygen atoms in total. The molecule has 0 aromatic heterocycles. The molecule has 0 heterocycles. The van der Waals surface area contributed by atoms with Crippen LogP contribution in [0.1, 0.15) is 12.8 Å². The number of carboxylic acid groups (broad SMARTS) is 1. The average molecular weight is 161 g/mol. The Morgan fingerprint density at radius 1 is 1.45 bits per heavy atom. The first-order chi connectivity index (χ1) is 5.09. The molecule has 0 aromatic carbocycles. The number of rotatable bonds is 2. The van der Waals surface area contributed by atoms with Crippen molar-refractivity contribution in [3.8, 4) is 0 Å². The van der Waals surface area contributed by atoms with Crippen LogP contribution in [-0.4, -0.2) is 33.7 Å². The lowest BCUT2D eigenvalue weighted by Gasteiger charge is -2.35. The molecule has 1 amide bonds. The van der Waals surface area contributed by atoms with Crippen molar-refractivity contribution in [2.75, 3.05) is 0 Å². The first-order valence-corrected chi connectivity index (χ1v) is 3.45. The van der Waals surface area contributed by atoms with Gasteiger partial charge in [-0.3, -0.25) is 0 Å². The van der Waals surface area contributed by atoms with Gasteiger partial charge >= 0.3 is 6.09 Å². The van der Waals surface area contributed by atoms with Crippen LogP contribution in [0.15, 0.2) is 0 Å². The van der Waals surface area contributed by atoms with Gasteiger partial charge in [-0.25, -0.2) is 4.79 Å². The first kappa shape index (κ1) is 8.29. The van der Waals surface area contributed by atoms with Crippen LogP contribution in [-0.2, 0) is 0 Å². The Balaban J connectivity index is 2.14. The van der Waals surface area contributed by atoms with E-state index >= 15 is 0 Å². The SMILES string of the molecule is O=C(O)NC1CC(C(O)O)C1. The number of hydrogen-bond donors (Lipinski definition) is 4. The van der Waals surface area contributed by atoms with Gasteiger partial charge in [-0.2, -0.15) is 0 Å². The Hall–Kier alpha value is -0.810. The summed E-state index contributed by atoms with van der Waals surface area (Å²) in [4.78, 5) is 10.0. The van der Waals surface area contributed by atoms with Crippen LogP contribution in [0.4, 0.5) is 4.79 Å². The molecule has 0 saturated heterocycles. The van der Waals surface area contributed by atoms with Crippen molar-refractivity contribution in [3.05, 3.63) is 0 Å². The van der Waals surface area contributed by atoms with Crippen LogP contribution in [0.3, 0.4) is 0 Å². The fraction of sp³-hybridized carbons (Fsp3) is 0.833. The second kappa shape index (κ2) is 3.06. The molecule has 4 N–H and O–H groups in total. The molecule has 0 radical (unpaired) electrons. The van der Waals surface area contributed by atoms with Gasteiger partial charge in [0.15, 0.2) is 6.29 Å². The van der Waals surface area contributed by atoms with Crippen molar-refractivity contribution in [3.63, 3.8) is 0 Å². The first-order valence-electron chi connectivity index (χ1n) is 3.45. The molecule has 1 saturated carbocycles. The van der Waals surface area contributed by atoms with Gasteiger partial charge in [0.1, 0.15) is 0 Å². The van der Waals surface area contributed by atoms with Crippen molar-refractivity contribution in [1.29, 1.82) is 0 Å². The Morgan fingerprint density at radius 2 is 2.00 bits per heavy atom. The molecule has 0 atom stereocenters. The predicted octanol–water partition coefficient (Wildman–Crippen LogP) is -0.657. The third kappa shape index (κ3) is 2.06. The van der Waals surface area contributed by atoms with Gasteiger partial charge in [-0.05, 0) is 12.8 Å². The lowest BCUT2D eigenvalue weighted by atomic mass is 9.80. The fourth-order valence-electron chi connectivity index (χ4n) is 1.20. The lowest BCUT2D eigenvalue weighted by Crippen LogP contribution is -2.47. The fourth-order valence-corrected chi connectivity index (χ4v) is 1.20. The van der Waals surface area contributed by atoms with Gasteiger partial charge in [0, 0.05) is 12.0 Å². The summed E-state index contributed by atoms with van der Waals surface area (Å²) in [7, 11) is 0. The summed E-state index contributed by atoms with van der Waals surface area (Å²) < 4.78 is 0. The number of nitrogens with one attached hydrogen (secondary N) is 1. The zero-order chi connectivity index (χ0) is 8.43. The number of aliphatic hydroxyl groups excluding tert-OH is 1. The summed E-state index contributed by atoms with van der Waals surface area (Å²) in [6, 6.07) is -0.0979. The number of carbonyl (C=O) groups is 1. The molecule has 0 aromatic rings. The molecule has 1 fully saturated rings. The molecule has 64 valence electrons. The molecule has 5 heteroatoms. The van der Waals surface area contributed by atoms with Crippen molar-refractivity contribution >= 4 is 6.09 Å². The van der Waals surface area contributed by atoms with E-state index in [1.54, 1.807) is 0 Å². The number of aliphatic hydroxyl groups is 2. The largest absolute Gasteiger partial charge is 0.465 e. The molecule has 0 spiro atoms. The summed E-state index contributed by atoms with van der Waals surface area (Å²) in [6.07, 6.45) is -1.32. The molecule has 0 aliphatic heterocycles. The number of hydrogen-bond acceptors (Lipinski definition) is 3. The quantitative estimate of drug-likeness (QED) is 0.405. The highest BCUT2D eigenvalue weighted by Gasteiger charge is 2.34. The van der Waals surface area contributed by atoms with Crippen LogP contribution in [0, 0.1) is 5.92 Å². The Morgan fingerprint density at radius 3 is 2.36 bits per heavy atom. The maximum Gasteiger partial charge on any atom is 0.404 e. The Labute approximate surface area is 63.7 Å². The van der Waals surface area contributed by atoms with Gasteiger partial charge in [0.2, 0.25) is 0 Å². The van der Waals surface area contributed by atoms with Crippen molar-refractivity contribution in [2.24, 2.45) is 5.92 Å². The third-order valence-corrected chi connectivity index (χ3v) is 1.92. The van der Waals surface area contributed by atoms with E-state index in [2.05, 4.69) is 5.32 Å². The van der Waals surface area contributed by atoms with Crippen LogP contribution >= 0.6 is 0 Å². The van der Waals surface area contributed by atoms with E-state index in [-0.39, 0.29) is 12.0 Å². The second-order valence-electron chi connectivity index (χ2n) is 2.79. The molecular weight excluding hydrogens is 150 g/mol. The highest BCUT2D eigenvalue weighted by molar-refractivity contribution is 5.65. The maximum absolute atomic E-state index is 10.0. The average Bonchev–Trinajstić information content (AvgIpc) is 1.75. The minimum atomic E-state index is -1.30. The van der Waals surface area contributed by atoms with E-state index in [0.29, 0.717) is 12.8 Å². The summed E-state index contributed by atoms with van der Waals surface area (Å²) >= 11 is 0. The van der Waals surface area contributed by atoms with E-state index in [9.17, 15) is 4.79 Å². The Kier molecular flexibility index (Phi) is 2.31. The number of amides is 1. The van der Waals surface area contributed by atoms with Crippen LogP contribution in [0.2, 0.25) is 0 Å². The van der Waals surface area contributed by atoms with Crippen LogP contribution in [0.25, 0.3) is 0 Å². The topological polar surface area (TPSA) is 89.8 Å². The molecule has 1 rings (SSSR count). The van der Waals surface area contributed by atoms with E-state index in [0.717, 1.165) is 0 Å². The van der Waals surface area contributed by atoms with E-state index in [1.807, 2.05) is 0 Å². The van der Waals surface area contributed by atoms with Gasteiger partial charge in [0.05, 0.1) is 0 Å². The summed E-state index contributed by atoms with van der Waals surface area (Å²) in [5, 5.41) is 27.7. The normalized spacial score (nSPS) is 29.7. The van der Waals surface area contributed by atoms with Crippen LogP contribution < -0.4 is 5.32 Å². The zero-order valence-electron chi connectivity index (χ0n) is 5.90. The minimum Gasteiger partial charge on any atom is -0.465 e. The zero-order valence-corrected chi connectivity index (χ0v) is 5.90. The molecule has 1 aliphatic carbocycles. The van der Waals surface area contributed by atoms with E-state index < -0.39 is 12.4 Å². The van der Waals surface area contributed by atoms with Crippen molar-refractivity contribution in [2.45, 2.75) is 25.2 Å². The molecule has 1 aliphatic rings. The summed E-state index contributed by atoms with van der Waals surface area (Å²) in [6.45, 7) is 0. The van der Waals surface area contributed by atoms with Crippen LogP contribution in [0.5, 0.6) is 0 Å². The highest BCUT2D eigenvalue weighted by Crippen LogP contribution is 2.29. The summed E-state index contributed by atoms with van der Waals surface area (Å²) in [5.41, 5.74) is 0. The Bertz CT molecular complexity index is 153. The molecule has 0 unspecified atom stereocenters. The maximum atomic E-state index is 10.0. The van der Waals surface area contributed by atoms with Gasteiger partial charge in [-0.15, -0.1) is 0 Å². The van der Waals surface area contributed by atoms with E-state index in [4.69, 9.17) is 15.3 Å². The minimum absolute atomic E-state index is 0.0979. The molecule has 11 heavy (non-hydrogen) atoms. The van der Waals surface area contributed by atoms with E-state index in [1.165, 1.54) is 0 Å². The predicted molar refractivity (Wildman–Crippen MR) is 35.9 cm³/mol. The monoisotopic (exact) mass is 161 g/mol. The van der Waals surface area contributed by atoms with Gasteiger partial charge in [-0.1, -0.05) is 0 Å². The van der Waals surface area contributed by atoms with Gasteiger partial charge < -0.3 is 20.6 Å².